The number of carbonyl (C=O) groups excluding carboxylic acids is 3. The van der Waals surface area contributed by atoms with Gasteiger partial charge in [-0.1, -0.05) is 251 Å². The van der Waals surface area contributed by atoms with E-state index >= 15 is 0 Å². The predicted molar refractivity (Wildman–Crippen MR) is 293 cm³/mol. The maximum atomic E-state index is 12.5. The maximum Gasteiger partial charge on any atom is 0.306 e. The minimum Gasteiger partial charge on any atom is -0.463 e. The topological polar surface area (TPSA) is 118 Å². The third-order valence-corrected chi connectivity index (χ3v) is 13.6. The lowest BCUT2D eigenvalue weighted by molar-refractivity contribution is -0.162. The van der Waals surface area contributed by atoms with Crippen molar-refractivity contribution in [2.75, 3.05) is 40.1 Å². The van der Waals surface area contributed by atoms with Crippen molar-refractivity contribution in [2.24, 2.45) is 0 Å². The van der Waals surface area contributed by atoms with Crippen LogP contribution in [0.4, 0.5) is 0 Å². The van der Waals surface area contributed by atoms with Crippen molar-refractivity contribution in [3.8, 4) is 0 Å². The summed E-state index contributed by atoms with van der Waals surface area (Å²) in [7, 11) is 1.56. The van der Waals surface area contributed by atoms with Crippen LogP contribution in [-0.2, 0) is 38.1 Å². The molecule has 0 amide bonds. The lowest BCUT2D eigenvalue weighted by Gasteiger charge is -2.17. The molecule has 0 aromatic carbocycles. The average Bonchev–Trinajstić information content (AvgIpc) is 3.35. The van der Waals surface area contributed by atoms with E-state index in [0.29, 0.717) is 25.9 Å². The first-order valence-corrected chi connectivity index (χ1v) is 30.3. The average molecular weight is 994 g/mol. The van der Waals surface area contributed by atoms with Crippen molar-refractivity contribution in [3.05, 3.63) is 12.2 Å². The zero-order chi connectivity index (χ0) is 50.9. The number of rotatable bonds is 58. The monoisotopic (exact) mass is 993 g/mol. The van der Waals surface area contributed by atoms with E-state index in [9.17, 15) is 19.5 Å². The summed E-state index contributed by atoms with van der Waals surface area (Å²) < 4.78 is 27.1. The van der Waals surface area contributed by atoms with Crippen LogP contribution in [0.5, 0.6) is 0 Å². The minimum atomic E-state index is -0.758. The Bertz CT molecular complexity index is 1110. The first-order valence-electron chi connectivity index (χ1n) is 30.3. The predicted octanol–water partition coefficient (Wildman–Crippen LogP) is 17.5. The van der Waals surface area contributed by atoms with Gasteiger partial charge in [0.05, 0.1) is 13.2 Å². The van der Waals surface area contributed by atoms with Gasteiger partial charge in [0.1, 0.15) is 19.3 Å². The lowest BCUT2D eigenvalue weighted by atomic mass is 10.0. The second kappa shape index (κ2) is 57.9. The molecule has 0 saturated heterocycles. The Hall–Kier alpha value is -1.97. The number of hydrogen-bond acceptors (Lipinski definition) is 9. The smallest absolute Gasteiger partial charge is 0.306 e. The summed E-state index contributed by atoms with van der Waals surface area (Å²) in [6.45, 7) is 5.71. The number of ether oxygens (including phenoxy) is 5. The number of hydrogen-bond donors (Lipinski definition) is 1. The van der Waals surface area contributed by atoms with Crippen LogP contribution < -0.4 is 0 Å². The molecule has 0 spiro atoms. The third kappa shape index (κ3) is 55.3. The molecule has 2 unspecified atom stereocenters. The van der Waals surface area contributed by atoms with E-state index in [1.54, 1.807) is 7.11 Å². The molecular formula is C61H116O9. The van der Waals surface area contributed by atoms with Crippen molar-refractivity contribution >= 4 is 17.9 Å². The Morgan fingerprint density at radius 1 is 0.371 bits per heavy atom. The highest BCUT2D eigenvalue weighted by molar-refractivity contribution is 5.70. The fourth-order valence-electron chi connectivity index (χ4n) is 9.09. The molecule has 0 aliphatic heterocycles. The van der Waals surface area contributed by atoms with Gasteiger partial charge in [-0.15, -0.1) is 0 Å². The molecule has 0 rings (SSSR count). The Labute approximate surface area is 433 Å². The first-order chi connectivity index (χ1) is 34.4. The number of aliphatic hydroxyl groups is 1. The Balaban J connectivity index is 3.56. The van der Waals surface area contributed by atoms with Gasteiger partial charge in [-0.05, 0) is 51.4 Å². The molecule has 0 bridgehead atoms. The summed E-state index contributed by atoms with van der Waals surface area (Å²) in [6, 6.07) is 0. The van der Waals surface area contributed by atoms with E-state index in [0.717, 1.165) is 96.3 Å². The Morgan fingerprint density at radius 2 is 0.686 bits per heavy atom. The highest BCUT2D eigenvalue weighted by atomic mass is 16.6. The van der Waals surface area contributed by atoms with Gasteiger partial charge in [-0.25, -0.2) is 0 Å². The Kier molecular flexibility index (Phi) is 56.3. The van der Waals surface area contributed by atoms with E-state index < -0.39 is 12.2 Å². The van der Waals surface area contributed by atoms with Crippen molar-refractivity contribution < 1.29 is 43.2 Å². The van der Waals surface area contributed by atoms with Crippen LogP contribution in [0.1, 0.15) is 309 Å². The number of aliphatic hydroxyl groups excluding tert-OH is 1. The van der Waals surface area contributed by atoms with Crippen LogP contribution in [0.25, 0.3) is 0 Å². The molecule has 70 heavy (non-hydrogen) atoms. The largest absolute Gasteiger partial charge is 0.463 e. The van der Waals surface area contributed by atoms with Crippen LogP contribution in [0.2, 0.25) is 0 Å². The van der Waals surface area contributed by atoms with Gasteiger partial charge >= 0.3 is 17.9 Å². The van der Waals surface area contributed by atoms with Crippen molar-refractivity contribution in [2.45, 2.75) is 321 Å². The van der Waals surface area contributed by atoms with Crippen LogP contribution in [-0.4, -0.2) is 75.4 Å². The molecule has 1 N–H and O–H groups in total. The summed E-state index contributed by atoms with van der Waals surface area (Å²) in [4.78, 5) is 36.9. The second-order valence-corrected chi connectivity index (χ2v) is 20.7. The summed E-state index contributed by atoms with van der Waals surface area (Å²) in [6.07, 6.45) is 58.0. The van der Waals surface area contributed by atoms with Crippen LogP contribution >= 0.6 is 0 Å². The third-order valence-electron chi connectivity index (χ3n) is 13.6. The van der Waals surface area contributed by atoms with E-state index in [-0.39, 0.29) is 44.3 Å². The quantitative estimate of drug-likeness (QED) is 0.0275. The summed E-state index contributed by atoms with van der Waals surface area (Å²) in [5.41, 5.74) is 0. The Morgan fingerprint density at radius 3 is 1.06 bits per heavy atom. The summed E-state index contributed by atoms with van der Waals surface area (Å²) in [5.74, 6) is -0.713. The molecule has 414 valence electrons. The molecule has 9 heteroatoms. The summed E-state index contributed by atoms with van der Waals surface area (Å²) >= 11 is 0. The van der Waals surface area contributed by atoms with Gasteiger partial charge in [0.2, 0.25) is 0 Å². The van der Waals surface area contributed by atoms with Crippen molar-refractivity contribution in [3.63, 3.8) is 0 Å². The number of methoxy groups -OCH3 is 1. The van der Waals surface area contributed by atoms with Crippen molar-refractivity contribution in [1.82, 2.24) is 0 Å². The van der Waals surface area contributed by atoms with Gasteiger partial charge in [0.25, 0.3) is 0 Å². The van der Waals surface area contributed by atoms with Gasteiger partial charge in [0.15, 0.2) is 6.10 Å². The highest BCUT2D eigenvalue weighted by Crippen LogP contribution is 2.17. The molecule has 0 heterocycles. The standard InChI is InChI=1S/C61H116O9/c1-4-6-8-10-12-14-16-18-20-24-28-32-36-40-44-48-52-67-53-57(62)54-68-59(63)49-45-41-37-33-29-26-22-23-27-31-35-39-43-47-51-61(65)70-58(55-66-3)56-69-60(64)50-46-42-38-34-30-25-21-19-17-15-13-11-9-7-5-2/h22-23,57-58,62H,4-21,24-56H2,1-3H3. The highest BCUT2D eigenvalue weighted by Gasteiger charge is 2.17. The molecule has 0 aromatic rings. The molecule has 0 fully saturated rings. The fraction of sp³-hybridized carbons (Fsp3) is 0.918. The molecule has 0 aromatic heterocycles. The molecule has 0 aliphatic rings. The zero-order valence-corrected chi connectivity index (χ0v) is 46.6. The molecule has 0 saturated carbocycles. The number of allylic oxidation sites excluding steroid dienone is 2. The minimum absolute atomic E-state index is 0.0123. The van der Waals surface area contributed by atoms with Crippen LogP contribution in [0.3, 0.4) is 0 Å². The van der Waals surface area contributed by atoms with Crippen molar-refractivity contribution in [1.29, 1.82) is 0 Å². The van der Waals surface area contributed by atoms with Gasteiger partial charge in [0, 0.05) is 33.0 Å². The van der Waals surface area contributed by atoms with Gasteiger partial charge < -0.3 is 28.8 Å². The van der Waals surface area contributed by atoms with Gasteiger partial charge in [-0.3, -0.25) is 14.4 Å². The lowest BCUT2D eigenvalue weighted by Crippen LogP contribution is -2.29. The maximum absolute atomic E-state index is 12.5. The van der Waals surface area contributed by atoms with E-state index in [4.69, 9.17) is 23.7 Å². The first kappa shape index (κ1) is 68.0. The summed E-state index contributed by atoms with van der Waals surface area (Å²) in [5, 5.41) is 10.1. The normalized spacial score (nSPS) is 12.5. The zero-order valence-electron chi connectivity index (χ0n) is 46.6. The van der Waals surface area contributed by atoms with Crippen LogP contribution in [0.15, 0.2) is 12.2 Å². The number of carbonyl (C=O) groups is 3. The molecule has 0 aliphatic carbocycles. The molecule has 2 atom stereocenters. The number of esters is 3. The van der Waals surface area contributed by atoms with Gasteiger partial charge in [-0.2, -0.15) is 0 Å². The van der Waals surface area contributed by atoms with E-state index in [1.807, 2.05) is 0 Å². The SMILES string of the molecule is CCCCCCCCCCCCCCCCCCOCC(O)COC(=O)CCCCCCCC=CCCCCCCCC(=O)OC(COC)COC(=O)CCCCCCCCCCCCCCCCC. The molecular weight excluding hydrogens is 877 g/mol. The van der Waals surface area contributed by atoms with E-state index in [2.05, 4.69) is 26.0 Å². The number of unbranched alkanes of at least 4 members (excludes halogenated alkanes) is 39. The fourth-order valence-corrected chi connectivity index (χ4v) is 9.09. The second-order valence-electron chi connectivity index (χ2n) is 20.7. The molecule has 0 radical (unpaired) electrons. The van der Waals surface area contributed by atoms with E-state index in [1.165, 1.54) is 180 Å². The molecule has 9 nitrogen and oxygen atoms in total. The van der Waals surface area contributed by atoms with Crippen LogP contribution in [0, 0.1) is 0 Å².